The molecule has 2 aromatic heterocycles. The zero-order chi connectivity index (χ0) is 14.1. The fourth-order valence-corrected chi connectivity index (χ4v) is 2.52. The van der Waals surface area contributed by atoms with Crippen molar-refractivity contribution >= 4 is 33.1 Å². The summed E-state index contributed by atoms with van der Waals surface area (Å²) in [5, 5.41) is 28.3. The lowest BCUT2D eigenvalue weighted by Gasteiger charge is -2.00. The second kappa shape index (κ2) is 4.85. The monoisotopic (exact) mass is 290 g/mol. The third-order valence-corrected chi connectivity index (χ3v) is 3.73. The first-order valence-corrected chi connectivity index (χ1v) is 6.59. The summed E-state index contributed by atoms with van der Waals surface area (Å²) in [5.41, 5.74) is 0.757. The lowest BCUT2D eigenvalue weighted by Crippen LogP contribution is -2.01. The highest BCUT2D eigenvalue weighted by Crippen LogP contribution is 2.22. The van der Waals surface area contributed by atoms with Crippen LogP contribution in [-0.4, -0.2) is 31.9 Å². The molecule has 1 N–H and O–H groups in total. The Bertz CT molecular complexity index is 780. The number of hydrogen-bond donors (Lipinski definition) is 1. The van der Waals surface area contributed by atoms with Gasteiger partial charge in [0.1, 0.15) is 5.01 Å². The van der Waals surface area contributed by atoms with Crippen LogP contribution in [0, 0.1) is 10.1 Å². The van der Waals surface area contributed by atoms with E-state index in [0.717, 1.165) is 15.5 Å². The van der Waals surface area contributed by atoms with Gasteiger partial charge in [-0.15, -0.1) is 10.2 Å². The summed E-state index contributed by atoms with van der Waals surface area (Å²) in [6.07, 6.45) is 1.68. The lowest BCUT2D eigenvalue weighted by atomic mass is 10.2. The van der Waals surface area contributed by atoms with Gasteiger partial charge in [-0.25, -0.2) is 0 Å². The topological polar surface area (TPSA) is 98.8 Å². The molecule has 102 valence electrons. The van der Waals surface area contributed by atoms with E-state index in [2.05, 4.69) is 20.6 Å². The van der Waals surface area contributed by atoms with E-state index >= 15 is 0 Å². The van der Waals surface area contributed by atoms with Crippen molar-refractivity contribution in [2.75, 3.05) is 12.4 Å². The standard InChI is InChI=1S/C11H10N6O2S/c1-12-11-15-14-10(20-11)6-16-9-4-8(17(18)19)3-2-7(9)5-13-16/h2-5H,6H2,1H3,(H,12,15). The third kappa shape index (κ3) is 2.18. The lowest BCUT2D eigenvalue weighted by molar-refractivity contribution is -0.384. The van der Waals surface area contributed by atoms with E-state index in [9.17, 15) is 10.1 Å². The largest absolute Gasteiger partial charge is 0.363 e. The SMILES string of the molecule is CNc1nnc(Cn2ncc3ccc([N+](=O)[O-])cc32)s1. The summed E-state index contributed by atoms with van der Waals surface area (Å²) in [5.74, 6) is 0. The minimum Gasteiger partial charge on any atom is -0.363 e. The number of rotatable bonds is 4. The Morgan fingerprint density at radius 2 is 2.30 bits per heavy atom. The molecule has 9 heteroatoms. The fraction of sp³-hybridized carbons (Fsp3) is 0.182. The number of nitrogens with one attached hydrogen (secondary N) is 1. The van der Waals surface area contributed by atoms with E-state index in [1.807, 2.05) is 0 Å². The van der Waals surface area contributed by atoms with E-state index in [1.165, 1.54) is 23.5 Å². The average molecular weight is 290 g/mol. The van der Waals surface area contributed by atoms with Crippen molar-refractivity contribution < 1.29 is 4.92 Å². The van der Waals surface area contributed by atoms with Gasteiger partial charge in [0, 0.05) is 24.6 Å². The number of aromatic nitrogens is 4. The van der Waals surface area contributed by atoms with Crippen molar-refractivity contribution in [2.45, 2.75) is 6.54 Å². The highest BCUT2D eigenvalue weighted by molar-refractivity contribution is 7.15. The van der Waals surface area contributed by atoms with Crippen LogP contribution in [0.3, 0.4) is 0 Å². The molecule has 3 rings (SSSR count). The molecule has 0 amide bonds. The molecule has 0 fully saturated rings. The van der Waals surface area contributed by atoms with Gasteiger partial charge in [0.05, 0.1) is 23.2 Å². The van der Waals surface area contributed by atoms with E-state index in [4.69, 9.17) is 0 Å². The van der Waals surface area contributed by atoms with Crippen molar-refractivity contribution in [2.24, 2.45) is 0 Å². The normalized spacial score (nSPS) is 10.8. The molecule has 0 unspecified atom stereocenters. The molecule has 0 saturated carbocycles. The van der Waals surface area contributed by atoms with Gasteiger partial charge in [-0.2, -0.15) is 5.10 Å². The van der Waals surface area contributed by atoms with Crippen molar-refractivity contribution in [1.82, 2.24) is 20.0 Å². The van der Waals surface area contributed by atoms with Crippen molar-refractivity contribution in [3.63, 3.8) is 0 Å². The van der Waals surface area contributed by atoms with E-state index in [-0.39, 0.29) is 5.69 Å². The minimum absolute atomic E-state index is 0.0485. The van der Waals surface area contributed by atoms with Crippen LogP contribution in [0.2, 0.25) is 0 Å². The first-order chi connectivity index (χ1) is 9.67. The van der Waals surface area contributed by atoms with Crippen LogP contribution in [0.1, 0.15) is 5.01 Å². The fourth-order valence-electron chi connectivity index (χ4n) is 1.85. The van der Waals surface area contributed by atoms with Crippen LogP contribution in [0.25, 0.3) is 10.9 Å². The van der Waals surface area contributed by atoms with Crippen molar-refractivity contribution in [3.05, 3.63) is 39.5 Å². The predicted molar refractivity (Wildman–Crippen MR) is 74.9 cm³/mol. The Hall–Kier alpha value is -2.55. The predicted octanol–water partition coefficient (Wildman–Crippen LogP) is 1.89. The van der Waals surface area contributed by atoms with Gasteiger partial charge in [-0.05, 0) is 6.07 Å². The highest BCUT2D eigenvalue weighted by atomic mass is 32.1. The van der Waals surface area contributed by atoms with Crippen LogP contribution in [0.4, 0.5) is 10.8 Å². The van der Waals surface area contributed by atoms with Gasteiger partial charge in [0.15, 0.2) is 0 Å². The van der Waals surface area contributed by atoms with Crippen LogP contribution in [0.15, 0.2) is 24.4 Å². The van der Waals surface area contributed by atoms with Crippen LogP contribution < -0.4 is 5.32 Å². The summed E-state index contributed by atoms with van der Waals surface area (Å²) in [6, 6.07) is 4.68. The van der Waals surface area contributed by atoms with Gasteiger partial charge in [-0.1, -0.05) is 11.3 Å². The molecular formula is C11H10N6O2S. The van der Waals surface area contributed by atoms with Crippen LogP contribution in [-0.2, 0) is 6.54 Å². The Morgan fingerprint density at radius 3 is 3.00 bits per heavy atom. The zero-order valence-electron chi connectivity index (χ0n) is 10.5. The summed E-state index contributed by atoms with van der Waals surface area (Å²) < 4.78 is 1.68. The maximum Gasteiger partial charge on any atom is 0.271 e. The Labute approximate surface area is 117 Å². The first kappa shape index (κ1) is 12.5. The number of non-ortho nitro benzene ring substituents is 1. The molecule has 0 atom stereocenters. The number of hydrogen-bond acceptors (Lipinski definition) is 7. The van der Waals surface area contributed by atoms with Gasteiger partial charge < -0.3 is 5.32 Å². The summed E-state index contributed by atoms with van der Waals surface area (Å²) >= 11 is 1.42. The molecule has 0 radical (unpaired) electrons. The second-order valence-electron chi connectivity index (χ2n) is 4.05. The number of nitro groups is 1. The van der Waals surface area contributed by atoms with E-state index in [1.54, 1.807) is 24.0 Å². The van der Waals surface area contributed by atoms with Crippen molar-refractivity contribution in [1.29, 1.82) is 0 Å². The summed E-state index contributed by atoms with van der Waals surface area (Å²) in [4.78, 5) is 10.4. The van der Waals surface area contributed by atoms with Crippen molar-refractivity contribution in [3.8, 4) is 0 Å². The van der Waals surface area contributed by atoms with Gasteiger partial charge in [0.25, 0.3) is 5.69 Å². The van der Waals surface area contributed by atoms with Crippen LogP contribution in [0.5, 0.6) is 0 Å². The minimum atomic E-state index is -0.416. The first-order valence-electron chi connectivity index (χ1n) is 5.77. The molecule has 0 saturated heterocycles. The molecule has 8 nitrogen and oxygen atoms in total. The Morgan fingerprint density at radius 1 is 1.45 bits per heavy atom. The molecule has 0 aliphatic rings. The number of nitrogens with zero attached hydrogens (tertiary/aromatic N) is 5. The maximum absolute atomic E-state index is 10.8. The number of benzene rings is 1. The summed E-state index contributed by atoms with van der Waals surface area (Å²) in [7, 11) is 1.77. The van der Waals surface area contributed by atoms with Crippen LogP contribution >= 0.6 is 11.3 Å². The third-order valence-electron chi connectivity index (χ3n) is 2.80. The number of fused-ring (bicyclic) bond motifs is 1. The molecule has 0 aliphatic carbocycles. The zero-order valence-corrected chi connectivity index (χ0v) is 11.3. The van der Waals surface area contributed by atoms with E-state index in [0.29, 0.717) is 12.1 Å². The molecule has 1 aromatic carbocycles. The van der Waals surface area contributed by atoms with Gasteiger partial charge >= 0.3 is 0 Å². The second-order valence-corrected chi connectivity index (χ2v) is 5.12. The number of nitro benzene ring substituents is 1. The molecular weight excluding hydrogens is 280 g/mol. The Kier molecular flexibility index (Phi) is 3.03. The molecule has 20 heavy (non-hydrogen) atoms. The Balaban J connectivity index is 1.98. The quantitative estimate of drug-likeness (QED) is 0.582. The molecule has 0 bridgehead atoms. The summed E-state index contributed by atoms with van der Waals surface area (Å²) in [6.45, 7) is 0.435. The van der Waals surface area contributed by atoms with Gasteiger partial charge in [-0.3, -0.25) is 14.8 Å². The van der Waals surface area contributed by atoms with Gasteiger partial charge in [0.2, 0.25) is 5.13 Å². The molecule has 0 spiro atoms. The highest BCUT2D eigenvalue weighted by Gasteiger charge is 2.12. The van der Waals surface area contributed by atoms with E-state index < -0.39 is 4.92 Å². The maximum atomic E-state index is 10.8. The average Bonchev–Trinajstić information content (AvgIpc) is 3.06. The molecule has 0 aliphatic heterocycles. The molecule has 2 heterocycles. The smallest absolute Gasteiger partial charge is 0.271 e. The molecule has 3 aromatic rings. The number of anilines is 1.